The van der Waals surface area contributed by atoms with Gasteiger partial charge in [-0.2, -0.15) is 11.8 Å². The minimum Gasteiger partial charge on any atom is -0.370 e. The van der Waals surface area contributed by atoms with Gasteiger partial charge in [0.05, 0.1) is 5.02 Å². The predicted octanol–water partition coefficient (Wildman–Crippen LogP) is 2.60. The Balaban J connectivity index is 2.86. The summed E-state index contributed by atoms with van der Waals surface area (Å²) in [6.07, 6.45) is 2.01. The van der Waals surface area contributed by atoms with Crippen LogP contribution < -0.4 is 5.32 Å². The van der Waals surface area contributed by atoms with E-state index in [1.807, 2.05) is 13.2 Å². The molecule has 0 radical (unpaired) electrons. The van der Waals surface area contributed by atoms with Gasteiger partial charge in [0.1, 0.15) is 11.5 Å². The Bertz CT molecular complexity index is 414. The average molecular weight is 288 g/mol. The fraction of sp³-hybridized carbons (Fsp3) is 0.500. The Hall–Kier alpha value is -0.940. The van der Waals surface area contributed by atoms with Gasteiger partial charge >= 0.3 is 0 Å². The largest absolute Gasteiger partial charge is 0.370 e. The molecule has 0 bridgehead atoms. The van der Waals surface area contributed by atoms with Gasteiger partial charge in [0.2, 0.25) is 0 Å². The van der Waals surface area contributed by atoms with Crippen molar-refractivity contribution in [3.8, 4) is 0 Å². The number of aromatic nitrogens is 1. The highest BCUT2D eigenvalue weighted by Crippen LogP contribution is 2.18. The van der Waals surface area contributed by atoms with E-state index >= 15 is 0 Å². The van der Waals surface area contributed by atoms with Crippen molar-refractivity contribution in [2.75, 3.05) is 37.5 Å². The first-order valence-electron chi connectivity index (χ1n) is 5.75. The Kier molecular flexibility index (Phi) is 6.29. The molecule has 1 N–H and O–H groups in total. The van der Waals surface area contributed by atoms with Gasteiger partial charge < -0.3 is 10.2 Å². The van der Waals surface area contributed by atoms with Crippen molar-refractivity contribution in [2.24, 2.45) is 0 Å². The predicted molar refractivity (Wildman–Crippen MR) is 78.8 cm³/mol. The SMILES string of the molecule is CCNc1ccc(Cl)c(C(=O)N(C)CCSC)n1. The lowest BCUT2D eigenvalue weighted by atomic mass is 10.3. The number of hydrogen-bond donors (Lipinski definition) is 1. The monoisotopic (exact) mass is 287 g/mol. The van der Waals surface area contributed by atoms with Crippen molar-refractivity contribution >= 4 is 35.1 Å². The fourth-order valence-corrected chi connectivity index (χ4v) is 2.02. The van der Waals surface area contributed by atoms with Crippen molar-refractivity contribution in [2.45, 2.75) is 6.92 Å². The van der Waals surface area contributed by atoms with Crippen molar-refractivity contribution < 1.29 is 4.79 Å². The zero-order chi connectivity index (χ0) is 13.5. The minimum absolute atomic E-state index is 0.145. The van der Waals surface area contributed by atoms with E-state index in [-0.39, 0.29) is 5.91 Å². The van der Waals surface area contributed by atoms with Crippen LogP contribution in [0.1, 0.15) is 17.4 Å². The molecule has 0 aliphatic heterocycles. The number of thioether (sulfide) groups is 1. The number of pyridine rings is 1. The maximum absolute atomic E-state index is 12.2. The van der Waals surface area contributed by atoms with Crippen LogP contribution in [0.25, 0.3) is 0 Å². The molecule has 0 atom stereocenters. The Morgan fingerprint density at radius 1 is 1.56 bits per heavy atom. The molecule has 1 aromatic rings. The molecule has 0 aromatic carbocycles. The van der Waals surface area contributed by atoms with Crippen LogP contribution in [0.3, 0.4) is 0 Å². The van der Waals surface area contributed by atoms with Crippen molar-refractivity contribution in [3.05, 3.63) is 22.8 Å². The van der Waals surface area contributed by atoms with Crippen LogP contribution in [0.15, 0.2) is 12.1 Å². The second-order valence-corrected chi connectivity index (χ2v) is 5.17. The van der Waals surface area contributed by atoms with E-state index in [2.05, 4.69) is 10.3 Å². The molecule has 0 saturated carbocycles. The van der Waals surface area contributed by atoms with E-state index in [1.165, 1.54) is 0 Å². The van der Waals surface area contributed by atoms with Gasteiger partial charge in [-0.25, -0.2) is 4.98 Å². The van der Waals surface area contributed by atoms with Gasteiger partial charge in [-0.1, -0.05) is 11.6 Å². The topological polar surface area (TPSA) is 45.2 Å². The molecule has 0 unspecified atom stereocenters. The number of rotatable bonds is 6. The molecule has 0 saturated heterocycles. The molecule has 0 spiro atoms. The number of anilines is 1. The van der Waals surface area contributed by atoms with E-state index in [1.54, 1.807) is 35.8 Å². The number of amides is 1. The van der Waals surface area contributed by atoms with E-state index < -0.39 is 0 Å². The summed E-state index contributed by atoms with van der Waals surface area (Å²) in [6, 6.07) is 3.46. The molecule has 1 heterocycles. The smallest absolute Gasteiger partial charge is 0.273 e. The van der Waals surface area contributed by atoms with Crippen LogP contribution in [-0.4, -0.2) is 47.9 Å². The summed E-state index contributed by atoms with van der Waals surface area (Å²) in [5.41, 5.74) is 0.304. The highest BCUT2D eigenvalue weighted by atomic mass is 35.5. The van der Waals surface area contributed by atoms with Crippen molar-refractivity contribution in [1.29, 1.82) is 0 Å². The van der Waals surface area contributed by atoms with Gasteiger partial charge in [-0.3, -0.25) is 4.79 Å². The lowest BCUT2D eigenvalue weighted by molar-refractivity contribution is 0.0798. The van der Waals surface area contributed by atoms with Crippen LogP contribution in [0, 0.1) is 0 Å². The number of halogens is 1. The zero-order valence-corrected chi connectivity index (χ0v) is 12.4. The van der Waals surface area contributed by atoms with Crippen LogP contribution in [0.5, 0.6) is 0 Å². The third-order valence-electron chi connectivity index (χ3n) is 2.38. The first-order valence-corrected chi connectivity index (χ1v) is 7.52. The van der Waals surface area contributed by atoms with Crippen molar-refractivity contribution in [1.82, 2.24) is 9.88 Å². The Morgan fingerprint density at radius 2 is 2.28 bits per heavy atom. The van der Waals surface area contributed by atoms with E-state index in [0.29, 0.717) is 23.1 Å². The number of carbonyl (C=O) groups excluding carboxylic acids is 1. The number of nitrogens with one attached hydrogen (secondary N) is 1. The Labute approximate surface area is 117 Å². The maximum Gasteiger partial charge on any atom is 0.273 e. The van der Waals surface area contributed by atoms with Gasteiger partial charge in [0.15, 0.2) is 0 Å². The molecule has 1 amide bonds. The fourth-order valence-electron chi connectivity index (χ4n) is 1.38. The molecule has 6 heteroatoms. The van der Waals surface area contributed by atoms with Gasteiger partial charge in [0, 0.05) is 25.9 Å². The lowest BCUT2D eigenvalue weighted by Gasteiger charge is -2.17. The first kappa shape index (κ1) is 15.1. The van der Waals surface area contributed by atoms with E-state index in [0.717, 1.165) is 12.3 Å². The molecule has 0 aliphatic carbocycles. The quantitative estimate of drug-likeness (QED) is 0.873. The van der Waals surface area contributed by atoms with Crippen molar-refractivity contribution in [3.63, 3.8) is 0 Å². The molecule has 0 fully saturated rings. The summed E-state index contributed by atoms with van der Waals surface area (Å²) < 4.78 is 0. The van der Waals surface area contributed by atoms with Crippen LogP contribution in [0.4, 0.5) is 5.82 Å². The summed E-state index contributed by atoms with van der Waals surface area (Å²) >= 11 is 7.72. The molecule has 1 aromatic heterocycles. The lowest BCUT2D eigenvalue weighted by Crippen LogP contribution is -2.30. The highest BCUT2D eigenvalue weighted by Gasteiger charge is 2.17. The molecule has 0 aliphatic rings. The summed E-state index contributed by atoms with van der Waals surface area (Å²) in [6.45, 7) is 3.41. The second-order valence-electron chi connectivity index (χ2n) is 3.78. The average Bonchev–Trinajstić information content (AvgIpc) is 2.37. The number of hydrogen-bond acceptors (Lipinski definition) is 4. The van der Waals surface area contributed by atoms with Crippen LogP contribution >= 0.6 is 23.4 Å². The summed E-state index contributed by atoms with van der Waals surface area (Å²) in [5.74, 6) is 1.42. The van der Waals surface area contributed by atoms with Crippen LogP contribution in [0.2, 0.25) is 5.02 Å². The van der Waals surface area contributed by atoms with Gasteiger partial charge in [0.25, 0.3) is 5.91 Å². The molecule has 1 rings (SSSR count). The molecular formula is C12H18ClN3OS. The maximum atomic E-state index is 12.2. The third kappa shape index (κ3) is 4.07. The molecule has 18 heavy (non-hydrogen) atoms. The summed E-state index contributed by atoms with van der Waals surface area (Å²) in [4.78, 5) is 18.1. The van der Waals surface area contributed by atoms with Gasteiger partial charge in [-0.15, -0.1) is 0 Å². The van der Waals surface area contributed by atoms with E-state index in [4.69, 9.17) is 11.6 Å². The normalized spacial score (nSPS) is 10.2. The minimum atomic E-state index is -0.145. The molecular weight excluding hydrogens is 270 g/mol. The standard InChI is InChI=1S/C12H18ClN3OS/c1-4-14-10-6-5-9(13)11(15-10)12(17)16(2)7-8-18-3/h5-6H,4,7-8H2,1-3H3,(H,14,15). The number of carbonyl (C=O) groups is 1. The number of nitrogens with zero attached hydrogens (tertiary/aromatic N) is 2. The molecule has 4 nitrogen and oxygen atoms in total. The van der Waals surface area contributed by atoms with E-state index in [9.17, 15) is 4.79 Å². The summed E-state index contributed by atoms with van der Waals surface area (Å²) in [7, 11) is 1.76. The highest BCUT2D eigenvalue weighted by molar-refractivity contribution is 7.98. The second kappa shape index (κ2) is 7.48. The molecule has 100 valence electrons. The van der Waals surface area contributed by atoms with Gasteiger partial charge in [-0.05, 0) is 25.3 Å². The third-order valence-corrected chi connectivity index (χ3v) is 3.28. The zero-order valence-electron chi connectivity index (χ0n) is 10.9. The first-order chi connectivity index (χ1) is 8.60. The Morgan fingerprint density at radius 3 is 2.89 bits per heavy atom. The summed E-state index contributed by atoms with van der Waals surface area (Å²) in [5, 5.41) is 3.45. The van der Waals surface area contributed by atoms with Crippen LogP contribution in [-0.2, 0) is 0 Å².